The Kier molecular flexibility index (Phi) is 7.78. The van der Waals surface area contributed by atoms with Gasteiger partial charge in [0.1, 0.15) is 5.82 Å². The number of thiazole rings is 3. The van der Waals surface area contributed by atoms with Crippen LogP contribution >= 0.6 is 34.0 Å². The van der Waals surface area contributed by atoms with Crippen LogP contribution in [0.25, 0.3) is 63.0 Å². The van der Waals surface area contributed by atoms with Gasteiger partial charge < -0.3 is 0 Å². The van der Waals surface area contributed by atoms with Crippen molar-refractivity contribution in [1.82, 2.24) is 15.0 Å². The summed E-state index contributed by atoms with van der Waals surface area (Å²) in [6.45, 7) is 10.4. The third kappa shape index (κ3) is 5.79. The van der Waals surface area contributed by atoms with E-state index >= 15 is 0 Å². The summed E-state index contributed by atoms with van der Waals surface area (Å²) in [5, 5.41) is 10.4. The van der Waals surface area contributed by atoms with Crippen LogP contribution in [-0.2, 0) is 0 Å². The first kappa shape index (κ1) is 29.4. The molecule has 0 aliphatic rings. The Hall–Kier alpha value is -4.30. The number of fused-ring (bicyclic) bond motifs is 9. The third-order valence-electron chi connectivity index (χ3n) is 7.78. The molecule has 45 heavy (non-hydrogen) atoms. The van der Waals surface area contributed by atoms with E-state index in [2.05, 4.69) is 103 Å². The Bertz CT molecular complexity index is 2520. The van der Waals surface area contributed by atoms with Gasteiger partial charge in [0.25, 0.3) is 0 Å². The molecule has 0 atom stereocenters. The minimum Gasteiger partial charge on any atom is -0.241 e. The molecule has 3 heterocycles. The molecule has 0 amide bonds. The summed E-state index contributed by atoms with van der Waals surface area (Å²) < 4.78 is 16.8. The van der Waals surface area contributed by atoms with Crippen LogP contribution in [0, 0.1) is 40.4 Å². The van der Waals surface area contributed by atoms with Crippen LogP contribution in [0.5, 0.6) is 0 Å². The van der Waals surface area contributed by atoms with Crippen LogP contribution in [0.2, 0.25) is 0 Å². The smallest absolute Gasteiger partial charge is 0.123 e. The summed E-state index contributed by atoms with van der Waals surface area (Å²) in [4.78, 5) is 13.6. The molecule has 0 fully saturated rings. The highest BCUT2D eigenvalue weighted by Gasteiger charge is 2.08. The Morgan fingerprint density at radius 3 is 1.62 bits per heavy atom. The van der Waals surface area contributed by atoms with E-state index in [9.17, 15) is 4.39 Å². The molecule has 0 spiro atoms. The molecule has 222 valence electrons. The van der Waals surface area contributed by atoms with Gasteiger partial charge in [0.2, 0.25) is 0 Å². The maximum Gasteiger partial charge on any atom is 0.123 e. The Balaban J connectivity index is 0.000000109. The highest BCUT2D eigenvalue weighted by atomic mass is 32.1. The molecule has 0 saturated carbocycles. The molecule has 9 rings (SSSR count). The number of rotatable bonds is 0. The van der Waals surface area contributed by atoms with Crippen molar-refractivity contribution >= 4 is 97.0 Å². The number of benzene rings is 6. The zero-order valence-corrected chi connectivity index (χ0v) is 28.1. The van der Waals surface area contributed by atoms with Crippen molar-refractivity contribution in [1.29, 1.82) is 0 Å². The van der Waals surface area contributed by atoms with Crippen LogP contribution in [0.4, 0.5) is 4.39 Å². The summed E-state index contributed by atoms with van der Waals surface area (Å²) in [6, 6.07) is 30.5. The molecule has 7 heteroatoms. The fraction of sp³-hybridized carbons (Fsp3) is 0.132. The van der Waals surface area contributed by atoms with E-state index in [0.717, 1.165) is 47.0 Å². The van der Waals surface area contributed by atoms with Crippen molar-refractivity contribution in [2.75, 3.05) is 0 Å². The van der Waals surface area contributed by atoms with Crippen LogP contribution in [0.3, 0.4) is 0 Å². The molecule has 0 aliphatic carbocycles. The van der Waals surface area contributed by atoms with Crippen molar-refractivity contribution in [3.05, 3.63) is 123 Å². The van der Waals surface area contributed by atoms with E-state index in [-0.39, 0.29) is 5.82 Å². The molecule has 0 bridgehead atoms. The lowest BCUT2D eigenvalue weighted by Crippen LogP contribution is -1.83. The molecule has 0 radical (unpaired) electrons. The van der Waals surface area contributed by atoms with Crippen LogP contribution in [0.15, 0.2) is 91.0 Å². The molecular formula is C38H30FN3S3. The van der Waals surface area contributed by atoms with E-state index in [1.54, 1.807) is 46.1 Å². The van der Waals surface area contributed by atoms with E-state index in [4.69, 9.17) is 0 Å². The molecule has 6 aromatic carbocycles. The van der Waals surface area contributed by atoms with Crippen molar-refractivity contribution in [3.8, 4) is 0 Å². The minimum absolute atomic E-state index is 0.208. The molecule has 3 nitrogen and oxygen atoms in total. The highest BCUT2D eigenvalue weighted by Crippen LogP contribution is 2.32. The summed E-state index contributed by atoms with van der Waals surface area (Å²) >= 11 is 5.16. The Labute approximate surface area is 272 Å². The molecular weight excluding hydrogens is 614 g/mol. The fourth-order valence-electron chi connectivity index (χ4n) is 5.87. The lowest BCUT2D eigenvalue weighted by Gasteiger charge is -2.04. The summed E-state index contributed by atoms with van der Waals surface area (Å²) in [5.74, 6) is -0.208. The van der Waals surface area contributed by atoms with E-state index < -0.39 is 0 Å². The van der Waals surface area contributed by atoms with Crippen molar-refractivity contribution in [2.45, 2.75) is 34.6 Å². The van der Waals surface area contributed by atoms with Gasteiger partial charge >= 0.3 is 0 Å². The second kappa shape index (κ2) is 11.9. The lowest BCUT2D eigenvalue weighted by molar-refractivity contribution is 0.630. The molecule has 0 N–H and O–H groups in total. The number of aromatic nitrogens is 3. The van der Waals surface area contributed by atoms with Gasteiger partial charge in [-0.3, -0.25) is 0 Å². The van der Waals surface area contributed by atoms with Crippen LogP contribution < -0.4 is 0 Å². The zero-order valence-electron chi connectivity index (χ0n) is 25.6. The van der Waals surface area contributed by atoms with Gasteiger partial charge in [-0.15, -0.1) is 34.0 Å². The monoisotopic (exact) mass is 643 g/mol. The van der Waals surface area contributed by atoms with E-state index in [1.807, 2.05) is 19.1 Å². The first-order valence-corrected chi connectivity index (χ1v) is 17.2. The second-order valence-corrected chi connectivity index (χ2v) is 14.9. The Morgan fingerprint density at radius 2 is 0.978 bits per heavy atom. The standard InChI is InChI=1S/C14H13NS.C12H8FNS.C12H9NS/c1-8-6-9(2)11-4-5-13-14(12(11)7-8)15-10(3)16-13;1-7-14-12-10-6-9(13)4-2-8(10)3-5-11(12)15-7;1-8-13-12-10-5-3-2-4-9(10)6-7-11(12)14-8/h4-7H,1-3H3;2-6H,1H3;2-7H,1H3. The van der Waals surface area contributed by atoms with E-state index in [1.165, 1.54) is 48.1 Å². The predicted octanol–water partition coefficient (Wildman–Crippen LogP) is 12.0. The zero-order chi connectivity index (χ0) is 31.2. The van der Waals surface area contributed by atoms with Gasteiger partial charge in [-0.05, 0) is 92.7 Å². The van der Waals surface area contributed by atoms with Crippen molar-refractivity contribution in [2.24, 2.45) is 0 Å². The first-order chi connectivity index (χ1) is 21.7. The molecule has 0 aliphatic heterocycles. The average Bonchev–Trinajstić information content (AvgIpc) is 3.72. The first-order valence-electron chi connectivity index (χ1n) is 14.7. The predicted molar refractivity (Wildman–Crippen MR) is 195 cm³/mol. The van der Waals surface area contributed by atoms with Gasteiger partial charge in [0, 0.05) is 16.2 Å². The average molecular weight is 644 g/mol. The Morgan fingerprint density at radius 1 is 0.467 bits per heavy atom. The summed E-state index contributed by atoms with van der Waals surface area (Å²) in [5.41, 5.74) is 5.86. The SMILES string of the molecule is Cc1cc(C)c2ccc3sc(C)nc3c2c1.Cc1nc2c(ccc3ccc(F)cc32)s1.Cc1nc2c(ccc3ccccc32)s1. The number of hydrogen-bond donors (Lipinski definition) is 0. The third-order valence-corrected chi connectivity index (χ3v) is 10.6. The largest absolute Gasteiger partial charge is 0.241 e. The molecule has 0 saturated heterocycles. The number of nitrogens with zero attached hydrogens (tertiary/aromatic N) is 3. The van der Waals surface area contributed by atoms with Crippen LogP contribution in [0.1, 0.15) is 26.1 Å². The van der Waals surface area contributed by atoms with Crippen LogP contribution in [-0.4, -0.2) is 15.0 Å². The van der Waals surface area contributed by atoms with Gasteiger partial charge in [-0.25, -0.2) is 19.3 Å². The number of hydrogen-bond acceptors (Lipinski definition) is 6. The normalized spacial score (nSPS) is 11.3. The number of aryl methyl sites for hydroxylation is 5. The quantitative estimate of drug-likeness (QED) is 0.165. The van der Waals surface area contributed by atoms with Gasteiger partial charge in [0.05, 0.1) is 45.7 Å². The number of halogens is 1. The summed E-state index contributed by atoms with van der Waals surface area (Å²) in [7, 11) is 0. The molecule has 0 unspecified atom stereocenters. The maximum absolute atomic E-state index is 13.1. The summed E-state index contributed by atoms with van der Waals surface area (Å²) in [6.07, 6.45) is 0. The highest BCUT2D eigenvalue weighted by molar-refractivity contribution is 7.19. The van der Waals surface area contributed by atoms with Gasteiger partial charge in [-0.1, -0.05) is 60.2 Å². The minimum atomic E-state index is -0.208. The molecule has 3 aromatic heterocycles. The molecule has 9 aromatic rings. The van der Waals surface area contributed by atoms with E-state index in [0.29, 0.717) is 0 Å². The van der Waals surface area contributed by atoms with Crippen molar-refractivity contribution < 1.29 is 4.39 Å². The van der Waals surface area contributed by atoms with Crippen molar-refractivity contribution in [3.63, 3.8) is 0 Å². The topological polar surface area (TPSA) is 38.7 Å². The maximum atomic E-state index is 13.1. The fourth-order valence-corrected chi connectivity index (χ4v) is 8.40. The lowest BCUT2D eigenvalue weighted by atomic mass is 10.0. The van der Waals surface area contributed by atoms with Gasteiger partial charge in [0.15, 0.2) is 0 Å². The van der Waals surface area contributed by atoms with Gasteiger partial charge in [-0.2, -0.15) is 0 Å². The second-order valence-electron chi connectivity index (χ2n) is 11.2.